The second kappa shape index (κ2) is 5.48. The minimum absolute atomic E-state index is 0.0803. The molecule has 0 saturated carbocycles. The molecular formula is C12H8F10O2. The summed E-state index contributed by atoms with van der Waals surface area (Å²) in [6, 6.07) is -0.261. The van der Waals surface area contributed by atoms with Gasteiger partial charge in [-0.1, -0.05) is 17.7 Å². The maximum absolute atomic E-state index is 13.5. The summed E-state index contributed by atoms with van der Waals surface area (Å²) in [5.41, 5.74) is -10.3. The largest absolute Gasteiger partial charge is 0.453 e. The third-order valence-electron chi connectivity index (χ3n) is 3.07. The molecule has 2 nitrogen and oxygen atoms in total. The molecule has 0 spiro atoms. The van der Waals surface area contributed by atoms with Crippen molar-refractivity contribution >= 4 is 0 Å². The van der Waals surface area contributed by atoms with E-state index in [2.05, 4.69) is 0 Å². The van der Waals surface area contributed by atoms with Crippen LogP contribution in [0.1, 0.15) is 16.7 Å². The van der Waals surface area contributed by atoms with E-state index in [1.54, 1.807) is 0 Å². The molecule has 0 bridgehead atoms. The van der Waals surface area contributed by atoms with E-state index in [1.165, 1.54) is 0 Å². The summed E-state index contributed by atoms with van der Waals surface area (Å²) >= 11 is 0. The van der Waals surface area contributed by atoms with Crippen LogP contribution in [-0.2, 0) is 11.5 Å². The van der Waals surface area contributed by atoms with Crippen LogP contribution >= 0.6 is 0 Å². The summed E-state index contributed by atoms with van der Waals surface area (Å²) in [5.74, 6) is -5.22. The molecule has 12 heteroatoms. The van der Waals surface area contributed by atoms with Crippen molar-refractivity contribution < 1.29 is 54.1 Å². The lowest BCUT2D eigenvalue weighted by atomic mass is 9.88. The maximum Gasteiger partial charge on any atom is 0.453 e. The van der Waals surface area contributed by atoms with Gasteiger partial charge in [0.05, 0.1) is 0 Å². The Morgan fingerprint density at radius 3 is 1.33 bits per heavy atom. The van der Waals surface area contributed by atoms with Crippen molar-refractivity contribution in [2.45, 2.75) is 36.9 Å². The standard InChI is InChI=1S/C12H8F10O2/c1-5-2-6(8(23,10(14,15)16)11(17,18)19)4-7(3-5)9(13,24)12(20,21)22/h2-4,23-24H,1H3. The Bertz CT molecular complexity index is 598. The van der Waals surface area contributed by atoms with E-state index in [1.807, 2.05) is 0 Å². The van der Waals surface area contributed by atoms with Crippen LogP contribution in [0.3, 0.4) is 0 Å². The van der Waals surface area contributed by atoms with E-state index in [4.69, 9.17) is 10.2 Å². The molecule has 1 unspecified atom stereocenters. The maximum atomic E-state index is 13.5. The zero-order valence-corrected chi connectivity index (χ0v) is 11.4. The molecule has 0 heterocycles. The number of benzene rings is 1. The summed E-state index contributed by atoms with van der Waals surface area (Å²) in [6.45, 7) is 0.757. The molecule has 0 aliphatic heterocycles. The van der Waals surface area contributed by atoms with E-state index in [9.17, 15) is 43.9 Å². The van der Waals surface area contributed by atoms with Crippen LogP contribution in [0.2, 0.25) is 0 Å². The van der Waals surface area contributed by atoms with Crippen molar-refractivity contribution in [2.75, 3.05) is 0 Å². The Labute approximate surface area is 127 Å². The molecule has 0 aliphatic carbocycles. The van der Waals surface area contributed by atoms with Gasteiger partial charge in [-0.05, 0) is 13.0 Å². The van der Waals surface area contributed by atoms with E-state index < -0.39 is 52.7 Å². The number of aliphatic hydroxyl groups is 2. The molecule has 0 aromatic heterocycles. The van der Waals surface area contributed by atoms with Gasteiger partial charge in [-0.25, -0.2) is 0 Å². The van der Waals surface area contributed by atoms with Crippen LogP contribution in [0, 0.1) is 6.92 Å². The van der Waals surface area contributed by atoms with Gasteiger partial charge in [0.15, 0.2) is 0 Å². The third kappa shape index (κ3) is 3.16. The highest BCUT2D eigenvalue weighted by molar-refractivity contribution is 5.37. The Hall–Kier alpha value is -1.56. The average Bonchev–Trinajstić information content (AvgIpc) is 2.32. The van der Waals surface area contributed by atoms with Crippen molar-refractivity contribution in [1.29, 1.82) is 0 Å². The summed E-state index contributed by atoms with van der Waals surface area (Å²) in [5, 5.41) is 17.9. The molecule has 0 fully saturated rings. The van der Waals surface area contributed by atoms with Crippen molar-refractivity contribution in [2.24, 2.45) is 0 Å². The van der Waals surface area contributed by atoms with Gasteiger partial charge in [-0.15, -0.1) is 0 Å². The third-order valence-corrected chi connectivity index (χ3v) is 3.07. The highest BCUT2D eigenvalue weighted by Crippen LogP contribution is 2.51. The zero-order chi connectivity index (χ0) is 19.4. The van der Waals surface area contributed by atoms with Gasteiger partial charge in [0.1, 0.15) is 0 Å². The fraction of sp³-hybridized carbons (Fsp3) is 0.500. The molecule has 1 atom stereocenters. The first-order valence-corrected chi connectivity index (χ1v) is 5.82. The fourth-order valence-corrected chi connectivity index (χ4v) is 1.83. The monoisotopic (exact) mass is 374 g/mol. The van der Waals surface area contributed by atoms with Gasteiger partial charge in [-0.2, -0.15) is 43.9 Å². The molecular weight excluding hydrogens is 366 g/mol. The van der Waals surface area contributed by atoms with E-state index in [0.717, 1.165) is 6.92 Å². The number of halogens is 10. The van der Waals surface area contributed by atoms with Gasteiger partial charge in [0.25, 0.3) is 5.60 Å². The van der Waals surface area contributed by atoms with Crippen molar-refractivity contribution in [3.8, 4) is 0 Å². The van der Waals surface area contributed by atoms with Crippen molar-refractivity contribution in [3.05, 3.63) is 34.9 Å². The lowest BCUT2D eigenvalue weighted by molar-refractivity contribution is -0.376. The molecule has 0 saturated heterocycles. The first kappa shape index (κ1) is 20.5. The minimum Gasteiger partial charge on any atom is -0.369 e. The number of rotatable bonds is 2. The molecule has 0 aliphatic rings. The summed E-state index contributed by atoms with van der Waals surface area (Å²) in [7, 11) is 0. The summed E-state index contributed by atoms with van der Waals surface area (Å²) < 4.78 is 127. The molecule has 0 radical (unpaired) electrons. The van der Waals surface area contributed by atoms with Gasteiger partial charge < -0.3 is 10.2 Å². The summed E-state index contributed by atoms with van der Waals surface area (Å²) in [4.78, 5) is 0. The molecule has 24 heavy (non-hydrogen) atoms. The minimum atomic E-state index is -6.37. The van der Waals surface area contributed by atoms with Gasteiger partial charge in [0.2, 0.25) is 0 Å². The lowest BCUT2D eigenvalue weighted by Crippen LogP contribution is -2.54. The normalized spacial score (nSPS) is 16.9. The predicted molar refractivity (Wildman–Crippen MR) is 58.2 cm³/mol. The Kier molecular flexibility index (Phi) is 4.67. The quantitative estimate of drug-likeness (QED) is 0.769. The van der Waals surface area contributed by atoms with Crippen molar-refractivity contribution in [3.63, 3.8) is 0 Å². The van der Waals surface area contributed by atoms with Crippen LogP contribution in [0.25, 0.3) is 0 Å². The smallest absolute Gasteiger partial charge is 0.369 e. The number of alkyl halides is 10. The lowest BCUT2D eigenvalue weighted by Gasteiger charge is -2.33. The Balaban J connectivity index is 3.74. The highest BCUT2D eigenvalue weighted by atomic mass is 19.4. The van der Waals surface area contributed by atoms with Gasteiger partial charge >= 0.3 is 24.4 Å². The van der Waals surface area contributed by atoms with Gasteiger partial charge in [0, 0.05) is 11.1 Å². The first-order chi connectivity index (χ1) is 10.4. The first-order valence-electron chi connectivity index (χ1n) is 5.82. The fourth-order valence-electron chi connectivity index (χ4n) is 1.83. The molecule has 138 valence electrons. The number of aryl methyl sites for hydroxylation is 1. The molecule has 0 amide bonds. The predicted octanol–water partition coefficient (Wildman–Crippen LogP) is 3.98. The van der Waals surface area contributed by atoms with E-state index in [0.29, 0.717) is 0 Å². The Morgan fingerprint density at radius 2 is 1.00 bits per heavy atom. The van der Waals surface area contributed by atoms with Crippen LogP contribution in [0.4, 0.5) is 43.9 Å². The number of hydrogen-bond acceptors (Lipinski definition) is 2. The second-order valence-corrected chi connectivity index (χ2v) is 4.91. The number of hydrogen-bond donors (Lipinski definition) is 2. The van der Waals surface area contributed by atoms with Gasteiger partial charge in [-0.3, -0.25) is 0 Å². The molecule has 1 aromatic rings. The topological polar surface area (TPSA) is 40.5 Å². The second-order valence-electron chi connectivity index (χ2n) is 4.91. The SMILES string of the molecule is Cc1cc(C(O)(F)C(F)(F)F)cc(C(O)(C(F)(F)F)C(F)(F)F)c1. The van der Waals surface area contributed by atoms with Crippen LogP contribution in [0.5, 0.6) is 0 Å². The zero-order valence-electron chi connectivity index (χ0n) is 11.4. The van der Waals surface area contributed by atoms with E-state index in [-0.39, 0.29) is 12.1 Å². The van der Waals surface area contributed by atoms with E-state index >= 15 is 0 Å². The molecule has 2 N–H and O–H groups in total. The molecule has 1 rings (SSSR count). The van der Waals surface area contributed by atoms with Crippen LogP contribution in [-0.4, -0.2) is 28.7 Å². The molecule has 1 aromatic carbocycles. The van der Waals surface area contributed by atoms with Crippen LogP contribution in [0.15, 0.2) is 18.2 Å². The highest BCUT2D eigenvalue weighted by Gasteiger charge is 2.71. The summed E-state index contributed by atoms with van der Waals surface area (Å²) in [6.07, 6.45) is -18.8. The average molecular weight is 374 g/mol. The Morgan fingerprint density at radius 1 is 0.625 bits per heavy atom. The van der Waals surface area contributed by atoms with Crippen LogP contribution < -0.4 is 0 Å². The van der Waals surface area contributed by atoms with Crippen molar-refractivity contribution in [1.82, 2.24) is 0 Å².